The summed E-state index contributed by atoms with van der Waals surface area (Å²) in [5, 5.41) is 3.58. The van der Waals surface area contributed by atoms with E-state index in [9.17, 15) is 4.79 Å². The van der Waals surface area contributed by atoms with Crippen molar-refractivity contribution in [3.63, 3.8) is 0 Å². The third-order valence-electron chi connectivity index (χ3n) is 3.99. The van der Waals surface area contributed by atoms with Crippen molar-refractivity contribution in [2.24, 2.45) is 0 Å². The Balaban J connectivity index is 1.86. The molecule has 0 aliphatic heterocycles. The van der Waals surface area contributed by atoms with Crippen molar-refractivity contribution in [3.8, 4) is 0 Å². The average molecular weight is 354 g/mol. The van der Waals surface area contributed by atoms with E-state index in [1.54, 1.807) is 6.92 Å². The number of carbonyl (C=O) groups excluding carboxylic acids is 1. The number of amides is 1. The summed E-state index contributed by atoms with van der Waals surface area (Å²) in [5.74, 6) is 0.806. The highest BCUT2D eigenvalue weighted by molar-refractivity contribution is 6.30. The van der Waals surface area contributed by atoms with Crippen LogP contribution in [0.4, 0.5) is 0 Å². The van der Waals surface area contributed by atoms with Crippen LogP contribution in [0.5, 0.6) is 0 Å². The highest BCUT2D eigenvalue weighted by Gasteiger charge is 2.11. The van der Waals surface area contributed by atoms with Crippen molar-refractivity contribution < 1.29 is 4.79 Å². The van der Waals surface area contributed by atoms with Crippen molar-refractivity contribution in [1.82, 2.24) is 14.9 Å². The van der Waals surface area contributed by atoms with Gasteiger partial charge in [0.1, 0.15) is 5.82 Å². The monoisotopic (exact) mass is 353 g/mol. The molecule has 1 heterocycles. The maximum absolute atomic E-state index is 11.7. The molecule has 1 N–H and O–H groups in total. The molecular formula is C20H20ClN3O. The zero-order valence-electron chi connectivity index (χ0n) is 14.1. The van der Waals surface area contributed by atoms with Gasteiger partial charge in [0, 0.05) is 30.1 Å². The van der Waals surface area contributed by atoms with E-state index >= 15 is 0 Å². The minimum Gasteiger partial charge on any atom is -0.352 e. The molecule has 0 aliphatic rings. The summed E-state index contributed by atoms with van der Waals surface area (Å²) in [7, 11) is 0. The van der Waals surface area contributed by atoms with Crippen molar-refractivity contribution in [2.75, 3.05) is 6.54 Å². The Hall–Kier alpha value is -2.59. The molecule has 0 spiro atoms. The minimum absolute atomic E-state index is 0.127. The minimum atomic E-state index is -0.127. The lowest BCUT2D eigenvalue weighted by atomic mass is 10.2. The predicted octanol–water partition coefficient (Wildman–Crippen LogP) is 3.97. The zero-order chi connectivity index (χ0) is 17.8. The molecule has 0 aliphatic carbocycles. The largest absolute Gasteiger partial charge is 0.352 e. The molecule has 1 amide bonds. The number of nitrogens with zero attached hydrogens (tertiary/aromatic N) is 2. The van der Waals surface area contributed by atoms with Gasteiger partial charge < -0.3 is 9.88 Å². The van der Waals surface area contributed by atoms with Crippen LogP contribution in [-0.2, 0) is 17.8 Å². The number of halogens is 1. The Kier molecular flexibility index (Phi) is 5.19. The van der Waals surface area contributed by atoms with E-state index in [2.05, 4.69) is 22.5 Å². The fourth-order valence-corrected chi connectivity index (χ4v) is 2.96. The van der Waals surface area contributed by atoms with Crippen LogP contribution in [0.25, 0.3) is 11.0 Å². The third kappa shape index (κ3) is 4.09. The van der Waals surface area contributed by atoms with Gasteiger partial charge in [0.15, 0.2) is 0 Å². The van der Waals surface area contributed by atoms with Crippen LogP contribution in [-0.4, -0.2) is 22.0 Å². The predicted molar refractivity (Wildman–Crippen MR) is 102 cm³/mol. The van der Waals surface area contributed by atoms with Crippen LogP contribution in [0.2, 0.25) is 5.02 Å². The Labute approximate surface area is 152 Å². The molecule has 0 unspecified atom stereocenters. The van der Waals surface area contributed by atoms with Gasteiger partial charge in [-0.05, 0) is 36.8 Å². The molecule has 0 saturated heterocycles. The number of rotatable bonds is 6. The first-order chi connectivity index (χ1) is 12.0. The van der Waals surface area contributed by atoms with Crippen LogP contribution in [0.3, 0.4) is 0 Å². The molecule has 25 heavy (non-hydrogen) atoms. The lowest BCUT2D eigenvalue weighted by molar-refractivity contribution is -0.117. The highest BCUT2D eigenvalue weighted by atomic mass is 35.5. The van der Waals surface area contributed by atoms with E-state index in [1.807, 2.05) is 42.5 Å². The molecule has 3 aromatic rings. The van der Waals surface area contributed by atoms with Gasteiger partial charge in [0.25, 0.3) is 0 Å². The maximum atomic E-state index is 11.7. The summed E-state index contributed by atoms with van der Waals surface area (Å²) in [6.45, 7) is 6.55. The lowest BCUT2D eigenvalue weighted by Crippen LogP contribution is -2.26. The molecule has 0 saturated carbocycles. The van der Waals surface area contributed by atoms with Crippen molar-refractivity contribution in [2.45, 2.75) is 19.9 Å². The number of nitrogens with one attached hydrogen (secondary N) is 1. The quantitative estimate of drug-likeness (QED) is 0.681. The molecule has 128 valence electrons. The van der Waals surface area contributed by atoms with Gasteiger partial charge in [-0.1, -0.05) is 42.4 Å². The second kappa shape index (κ2) is 7.53. The lowest BCUT2D eigenvalue weighted by Gasteiger charge is -2.10. The first-order valence-electron chi connectivity index (χ1n) is 8.17. The third-order valence-corrected chi connectivity index (χ3v) is 4.22. The fourth-order valence-electron chi connectivity index (χ4n) is 2.75. The Morgan fingerprint density at radius 1 is 1.24 bits per heavy atom. The van der Waals surface area contributed by atoms with Crippen LogP contribution >= 0.6 is 11.6 Å². The van der Waals surface area contributed by atoms with Crippen molar-refractivity contribution in [1.29, 1.82) is 0 Å². The van der Waals surface area contributed by atoms with E-state index in [0.29, 0.717) is 25.1 Å². The molecule has 5 heteroatoms. The van der Waals surface area contributed by atoms with Crippen LogP contribution < -0.4 is 5.32 Å². The molecule has 0 radical (unpaired) electrons. The summed E-state index contributed by atoms with van der Waals surface area (Å²) >= 11 is 6.11. The Morgan fingerprint density at radius 2 is 2.04 bits per heavy atom. The van der Waals surface area contributed by atoms with Crippen molar-refractivity contribution in [3.05, 3.63) is 77.1 Å². The summed E-state index contributed by atoms with van der Waals surface area (Å²) in [6, 6.07) is 15.9. The van der Waals surface area contributed by atoms with Crippen LogP contribution in [0.15, 0.2) is 60.7 Å². The highest BCUT2D eigenvalue weighted by Crippen LogP contribution is 2.19. The van der Waals surface area contributed by atoms with E-state index in [-0.39, 0.29) is 5.91 Å². The number of imidazole rings is 1. The molecule has 0 atom stereocenters. The van der Waals surface area contributed by atoms with E-state index in [1.165, 1.54) is 0 Å². The van der Waals surface area contributed by atoms with Gasteiger partial charge in [-0.2, -0.15) is 0 Å². The first kappa shape index (κ1) is 17.2. The smallest absolute Gasteiger partial charge is 0.246 e. The number of hydrogen-bond donors (Lipinski definition) is 1. The average Bonchev–Trinajstić information content (AvgIpc) is 2.92. The van der Waals surface area contributed by atoms with Gasteiger partial charge in [-0.3, -0.25) is 4.79 Å². The number of benzene rings is 2. The van der Waals surface area contributed by atoms with Gasteiger partial charge in [-0.25, -0.2) is 4.98 Å². The second-order valence-electron chi connectivity index (χ2n) is 6.02. The van der Waals surface area contributed by atoms with E-state index < -0.39 is 0 Å². The molecule has 0 bridgehead atoms. The number of aromatic nitrogens is 2. The van der Waals surface area contributed by atoms with Gasteiger partial charge >= 0.3 is 0 Å². The molecule has 3 rings (SSSR count). The SMILES string of the molecule is C=C(C)C(=O)NCCc1nc2ccccc2n1Cc1cccc(Cl)c1. The van der Waals surface area contributed by atoms with Crippen LogP contribution in [0, 0.1) is 0 Å². The van der Waals surface area contributed by atoms with Gasteiger partial charge in [0.2, 0.25) is 5.91 Å². The fraction of sp³-hybridized carbons (Fsp3) is 0.200. The molecule has 1 aromatic heterocycles. The van der Waals surface area contributed by atoms with E-state index in [0.717, 1.165) is 27.4 Å². The molecular weight excluding hydrogens is 334 g/mol. The van der Waals surface area contributed by atoms with Crippen molar-refractivity contribution >= 4 is 28.5 Å². The number of hydrogen-bond acceptors (Lipinski definition) is 2. The molecule has 0 fully saturated rings. The number of carbonyl (C=O) groups is 1. The standard InChI is InChI=1S/C20H20ClN3O/c1-14(2)20(25)22-11-10-19-23-17-8-3-4-9-18(17)24(19)13-15-6-5-7-16(21)12-15/h3-9,12H,1,10-11,13H2,2H3,(H,22,25). The van der Waals surface area contributed by atoms with E-state index in [4.69, 9.17) is 16.6 Å². The van der Waals surface area contributed by atoms with Gasteiger partial charge in [0.05, 0.1) is 11.0 Å². The summed E-state index contributed by atoms with van der Waals surface area (Å²) in [4.78, 5) is 16.4. The summed E-state index contributed by atoms with van der Waals surface area (Å²) in [5.41, 5.74) is 3.64. The van der Waals surface area contributed by atoms with Crippen LogP contribution in [0.1, 0.15) is 18.3 Å². The Bertz CT molecular complexity index is 930. The summed E-state index contributed by atoms with van der Waals surface area (Å²) in [6.07, 6.45) is 0.647. The topological polar surface area (TPSA) is 46.9 Å². The maximum Gasteiger partial charge on any atom is 0.246 e. The Morgan fingerprint density at radius 3 is 2.80 bits per heavy atom. The van der Waals surface area contributed by atoms with Gasteiger partial charge in [-0.15, -0.1) is 0 Å². The first-order valence-corrected chi connectivity index (χ1v) is 8.54. The molecule has 4 nitrogen and oxygen atoms in total. The number of para-hydroxylation sites is 2. The molecule has 2 aromatic carbocycles. The second-order valence-corrected chi connectivity index (χ2v) is 6.46. The normalized spacial score (nSPS) is 10.8. The number of fused-ring (bicyclic) bond motifs is 1. The summed E-state index contributed by atoms with van der Waals surface area (Å²) < 4.78 is 2.17. The zero-order valence-corrected chi connectivity index (χ0v) is 14.9.